The molecule has 0 spiro atoms. The van der Waals surface area contributed by atoms with E-state index in [9.17, 15) is 77.3 Å². The van der Waals surface area contributed by atoms with Gasteiger partial charge in [-0.3, -0.25) is 28.0 Å². The van der Waals surface area contributed by atoms with E-state index in [1.54, 1.807) is 0 Å². The van der Waals surface area contributed by atoms with Gasteiger partial charge in [-0.15, -0.1) is 4.86 Å². The molecular weight excluding hydrogens is 863 g/mol. The predicted octanol–water partition coefficient (Wildman–Crippen LogP) is -3.63. The van der Waals surface area contributed by atoms with Crippen LogP contribution in [0.4, 0.5) is 5.82 Å². The van der Waals surface area contributed by atoms with E-state index in [0.717, 1.165) is 29.5 Å². The molecule has 0 amide bonds. The number of aromatic nitrogens is 6. The quantitative estimate of drug-likeness (QED) is 0.0617. The molecule has 13 N–H and O–H groups in total. The lowest BCUT2D eigenvalue weighted by Gasteiger charge is -2.22. The summed E-state index contributed by atoms with van der Waals surface area (Å²) in [6.45, 7) is -2.40. The molecule has 0 saturated carbocycles. The standard InChI is InChI=1S/C19H29N8O23P5/c20-15-10-16(22-5-21-15)27(6-23-10)18-14(32)12(30)8(47-18)3-44-53(38,39)48-51(34,35)25-52(36,37)49-55(42,43)50-54(40,41)45-4-7-11(29)13(31)17(46-7)26-2-1-9(28)24-19(26)33/h1-2,5-8,11-14,17-18,29-32H,3-4H2,(H,38,39)(H,40,41)(H,42,43)(H2,20,21,22)(H,24,28,33)(H3,25,34,35,36,37)/t7-,8-,11?,12?,13+,14?,17-,18-/m1/s1. The zero-order valence-electron chi connectivity index (χ0n) is 26.6. The molecule has 5 rings (SSSR count). The molecule has 0 radical (unpaired) electrons. The van der Waals surface area contributed by atoms with Crippen molar-refractivity contribution in [2.45, 2.75) is 49.1 Å². The SMILES string of the molecule is Nc1ncnc2c1ncn2[C@@H]1O[C@H](COP(=O)(O)OP(=O)(O)NP(=O)(O)OP(=O)(O)OP(=O)(O)OC[C@H]2O[C@@H](n3ccc(=O)[nH]c3=O)[C@@H](O)C2O)C(O)C1O. The number of hydrogen-bond acceptors (Lipinski definition) is 22. The highest BCUT2D eigenvalue weighted by Crippen LogP contribution is 2.70. The van der Waals surface area contributed by atoms with E-state index in [-0.39, 0.29) is 17.0 Å². The third-order valence-corrected chi connectivity index (χ3v) is 15.2. The normalized spacial score (nSPS) is 31.3. The third-order valence-electron chi connectivity index (χ3n) is 7.15. The Morgan fingerprint density at radius 2 is 1.25 bits per heavy atom. The minimum Gasteiger partial charge on any atom is -0.387 e. The van der Waals surface area contributed by atoms with Crippen molar-refractivity contribution in [3.63, 3.8) is 0 Å². The number of imidazole rings is 1. The number of anilines is 1. The molecule has 2 aliphatic rings. The van der Waals surface area contributed by atoms with E-state index >= 15 is 0 Å². The summed E-state index contributed by atoms with van der Waals surface area (Å²) in [7, 11) is -30.3. The molecular formula is C19H29N8O23P5. The molecule has 31 nitrogen and oxygen atoms in total. The van der Waals surface area contributed by atoms with Crippen molar-refractivity contribution in [3.8, 4) is 0 Å². The van der Waals surface area contributed by atoms with E-state index in [2.05, 4.69) is 36.9 Å². The second-order valence-electron chi connectivity index (χ2n) is 11.1. The Kier molecular flexibility index (Phi) is 12.7. The Bertz CT molecular complexity index is 2270. The van der Waals surface area contributed by atoms with Crippen LogP contribution in [0.15, 0.2) is 34.5 Å². The fourth-order valence-electron chi connectivity index (χ4n) is 4.88. The van der Waals surface area contributed by atoms with Crippen molar-refractivity contribution in [2.75, 3.05) is 18.9 Å². The summed E-state index contributed by atoms with van der Waals surface area (Å²) >= 11 is 0. The number of nitrogens with one attached hydrogen (secondary N) is 2. The van der Waals surface area contributed by atoms with Crippen LogP contribution in [0.2, 0.25) is 0 Å². The van der Waals surface area contributed by atoms with Crippen LogP contribution in [0.5, 0.6) is 0 Å². The molecule has 2 saturated heterocycles. The van der Waals surface area contributed by atoms with Crippen LogP contribution in [0.25, 0.3) is 11.2 Å². The fraction of sp³-hybridized carbons (Fsp3) is 0.526. The van der Waals surface area contributed by atoms with Gasteiger partial charge in [0.2, 0.25) is 0 Å². The minimum absolute atomic E-state index is 0.0399. The zero-order chi connectivity index (χ0) is 40.9. The van der Waals surface area contributed by atoms with Crippen molar-refractivity contribution >= 4 is 55.9 Å². The van der Waals surface area contributed by atoms with E-state index in [0.29, 0.717) is 9.42 Å². The largest absolute Gasteiger partial charge is 0.489 e. The molecule has 3 aromatic rings. The number of ether oxygens (including phenoxy) is 2. The summed E-state index contributed by atoms with van der Waals surface area (Å²) in [4.78, 5) is 86.7. The number of nitrogens with two attached hydrogens (primary N) is 1. The van der Waals surface area contributed by atoms with E-state index in [1.165, 1.54) is 0 Å². The second-order valence-corrected chi connectivity index (χ2v) is 19.2. The molecule has 8 unspecified atom stereocenters. The van der Waals surface area contributed by atoms with Crippen LogP contribution in [-0.2, 0) is 54.3 Å². The van der Waals surface area contributed by atoms with Crippen LogP contribution >= 0.6 is 39.0 Å². The number of H-pyrrole nitrogens is 1. The van der Waals surface area contributed by atoms with Gasteiger partial charge in [0.15, 0.2) is 23.9 Å². The number of rotatable bonds is 16. The van der Waals surface area contributed by atoms with E-state index in [1.807, 2.05) is 4.98 Å². The smallest absolute Gasteiger partial charge is 0.387 e. The first kappa shape index (κ1) is 43.6. The maximum Gasteiger partial charge on any atom is 0.489 e. The highest BCUT2D eigenvalue weighted by molar-refractivity contribution is 7.74. The molecule has 3 aromatic heterocycles. The average Bonchev–Trinajstić information content (AvgIpc) is 3.67. The molecule has 2 fully saturated rings. The van der Waals surface area contributed by atoms with Crippen molar-refractivity contribution < 1.29 is 99.2 Å². The predicted molar refractivity (Wildman–Crippen MR) is 170 cm³/mol. The summed E-state index contributed by atoms with van der Waals surface area (Å²) in [5.74, 6) is -0.0399. The number of nitrogens with zero attached hydrogens (tertiary/aromatic N) is 5. The number of aliphatic hydroxyl groups is 4. The van der Waals surface area contributed by atoms with Crippen molar-refractivity contribution in [2.24, 2.45) is 0 Å². The van der Waals surface area contributed by atoms with Crippen LogP contribution in [0.1, 0.15) is 12.5 Å². The van der Waals surface area contributed by atoms with Gasteiger partial charge in [-0.1, -0.05) is 0 Å². The molecule has 55 heavy (non-hydrogen) atoms. The second kappa shape index (κ2) is 16.0. The zero-order valence-corrected chi connectivity index (χ0v) is 31.1. The number of aliphatic hydroxyl groups excluding tert-OH is 4. The Balaban J connectivity index is 1.13. The van der Waals surface area contributed by atoms with Gasteiger partial charge in [-0.05, 0) is 0 Å². The molecule has 308 valence electrons. The number of hydrogen-bond donors (Lipinski definition) is 12. The van der Waals surface area contributed by atoms with Gasteiger partial charge in [0.05, 0.1) is 19.5 Å². The number of aromatic amines is 1. The van der Waals surface area contributed by atoms with Crippen LogP contribution in [-0.4, -0.2) is 124 Å². The lowest BCUT2D eigenvalue weighted by Crippen LogP contribution is -2.37. The molecule has 0 bridgehead atoms. The van der Waals surface area contributed by atoms with Gasteiger partial charge in [-0.25, -0.2) is 42.6 Å². The molecule has 2 aliphatic heterocycles. The van der Waals surface area contributed by atoms with Crippen LogP contribution in [0.3, 0.4) is 0 Å². The molecule has 0 aliphatic carbocycles. The topological polar surface area (TPSA) is 469 Å². The summed E-state index contributed by atoms with van der Waals surface area (Å²) in [5.41, 5.74) is 3.93. The maximum atomic E-state index is 12.4. The van der Waals surface area contributed by atoms with Crippen LogP contribution < -0.4 is 21.8 Å². The fourth-order valence-corrected chi connectivity index (χ4v) is 11.8. The monoisotopic (exact) mass is 892 g/mol. The van der Waals surface area contributed by atoms with Gasteiger partial charge in [0, 0.05) is 12.3 Å². The summed E-state index contributed by atoms with van der Waals surface area (Å²) in [6.07, 6.45) is -10.9. The van der Waals surface area contributed by atoms with Crippen LogP contribution in [0, 0.1) is 0 Å². The Morgan fingerprint density at radius 3 is 1.80 bits per heavy atom. The highest BCUT2D eigenvalue weighted by atomic mass is 31.3. The average molecular weight is 892 g/mol. The van der Waals surface area contributed by atoms with E-state index < -0.39 is 113 Å². The maximum absolute atomic E-state index is 12.4. The molecule has 0 aromatic carbocycles. The van der Waals surface area contributed by atoms with Gasteiger partial charge in [0.1, 0.15) is 48.5 Å². The van der Waals surface area contributed by atoms with E-state index in [4.69, 9.17) is 15.2 Å². The van der Waals surface area contributed by atoms with Gasteiger partial charge in [-0.2, -0.15) is 12.9 Å². The lowest BCUT2D eigenvalue weighted by molar-refractivity contribution is -0.0542. The first-order chi connectivity index (χ1) is 25.3. The summed E-state index contributed by atoms with van der Waals surface area (Å²) < 4.78 is 94.4. The van der Waals surface area contributed by atoms with Crippen molar-refractivity contribution in [3.05, 3.63) is 45.8 Å². The summed E-state index contributed by atoms with van der Waals surface area (Å²) in [5, 5.41) is 41.3. The first-order valence-corrected chi connectivity index (χ1v) is 22.1. The Hall–Kier alpha value is -2.50. The number of nitrogen functional groups attached to an aromatic ring is 1. The van der Waals surface area contributed by atoms with Gasteiger partial charge in [0.25, 0.3) is 5.56 Å². The molecule has 36 heteroatoms. The lowest BCUT2D eigenvalue weighted by atomic mass is 10.1. The molecule has 5 heterocycles. The number of fused-ring (bicyclic) bond motifs is 1. The summed E-state index contributed by atoms with van der Waals surface area (Å²) in [6, 6.07) is 0.856. The Labute approximate surface area is 302 Å². The molecule has 13 atom stereocenters. The number of phosphoric ester groups is 2. The highest BCUT2D eigenvalue weighted by Gasteiger charge is 2.50. The Morgan fingerprint density at radius 1 is 0.745 bits per heavy atom. The van der Waals surface area contributed by atoms with Gasteiger partial charge < -0.3 is 60.1 Å². The van der Waals surface area contributed by atoms with Gasteiger partial charge >= 0.3 is 44.7 Å². The van der Waals surface area contributed by atoms with Crippen molar-refractivity contribution in [1.82, 2.24) is 33.9 Å². The first-order valence-electron chi connectivity index (χ1n) is 14.4. The third kappa shape index (κ3) is 10.5. The minimum atomic E-state index is -6.30. The number of phosphoric acid groups is 3. The van der Waals surface area contributed by atoms with Crippen molar-refractivity contribution in [1.29, 1.82) is 0 Å².